The van der Waals surface area contributed by atoms with E-state index in [1.165, 1.54) is 4.57 Å². The minimum Gasteiger partial charge on any atom is -0.408 e. The highest BCUT2D eigenvalue weighted by Crippen LogP contribution is 2.14. The molecule has 140 valence electrons. The van der Waals surface area contributed by atoms with Gasteiger partial charge in [-0.3, -0.25) is 14.2 Å². The third-order valence-corrected chi connectivity index (χ3v) is 4.32. The SMILES string of the molecule is CCN(CC)C(=O)c1cccc(NC(=O)Cn2c(=O)oc3ccccc32)c1. The number of nitrogens with one attached hydrogen (secondary N) is 1. The second-order valence-electron chi connectivity index (χ2n) is 6.03. The van der Waals surface area contributed by atoms with Gasteiger partial charge in [-0.15, -0.1) is 0 Å². The van der Waals surface area contributed by atoms with Crippen molar-refractivity contribution in [2.24, 2.45) is 0 Å². The molecule has 7 nitrogen and oxygen atoms in total. The van der Waals surface area contributed by atoms with Crippen LogP contribution in [0.5, 0.6) is 0 Å². The van der Waals surface area contributed by atoms with Gasteiger partial charge in [0.25, 0.3) is 5.91 Å². The Bertz CT molecular complexity index is 1030. The molecule has 27 heavy (non-hydrogen) atoms. The van der Waals surface area contributed by atoms with Crippen molar-refractivity contribution in [2.75, 3.05) is 18.4 Å². The first kappa shape index (κ1) is 18.4. The predicted molar refractivity (Wildman–Crippen MR) is 103 cm³/mol. The first-order valence-corrected chi connectivity index (χ1v) is 8.81. The Labute approximate surface area is 156 Å². The van der Waals surface area contributed by atoms with Gasteiger partial charge in [0, 0.05) is 24.3 Å². The molecule has 3 rings (SSSR count). The number of benzene rings is 2. The number of carbonyl (C=O) groups excluding carboxylic acids is 2. The van der Waals surface area contributed by atoms with Crippen molar-refractivity contribution in [3.05, 3.63) is 64.6 Å². The highest BCUT2D eigenvalue weighted by molar-refractivity contribution is 5.97. The van der Waals surface area contributed by atoms with Gasteiger partial charge < -0.3 is 14.6 Å². The van der Waals surface area contributed by atoms with Crippen LogP contribution in [0.3, 0.4) is 0 Å². The lowest BCUT2D eigenvalue weighted by molar-refractivity contribution is -0.116. The van der Waals surface area contributed by atoms with E-state index in [0.717, 1.165) is 0 Å². The molecule has 0 aliphatic rings. The number of hydrogen-bond donors (Lipinski definition) is 1. The lowest BCUT2D eigenvalue weighted by Gasteiger charge is -2.19. The monoisotopic (exact) mass is 367 g/mol. The first-order valence-electron chi connectivity index (χ1n) is 8.81. The van der Waals surface area contributed by atoms with Gasteiger partial charge in [-0.2, -0.15) is 0 Å². The molecule has 0 atom stereocenters. The molecule has 1 heterocycles. The van der Waals surface area contributed by atoms with Crippen LogP contribution in [0.2, 0.25) is 0 Å². The second kappa shape index (κ2) is 7.90. The number of para-hydroxylation sites is 2. The van der Waals surface area contributed by atoms with Crippen molar-refractivity contribution < 1.29 is 14.0 Å². The van der Waals surface area contributed by atoms with E-state index in [1.54, 1.807) is 53.4 Å². The zero-order chi connectivity index (χ0) is 19.4. The van der Waals surface area contributed by atoms with Crippen LogP contribution >= 0.6 is 0 Å². The van der Waals surface area contributed by atoms with Gasteiger partial charge in [0.05, 0.1) is 5.52 Å². The zero-order valence-electron chi connectivity index (χ0n) is 15.3. The third-order valence-electron chi connectivity index (χ3n) is 4.32. The molecule has 0 saturated carbocycles. The number of fused-ring (bicyclic) bond motifs is 1. The molecule has 0 aliphatic heterocycles. The van der Waals surface area contributed by atoms with E-state index >= 15 is 0 Å². The fourth-order valence-corrected chi connectivity index (χ4v) is 2.93. The predicted octanol–water partition coefficient (Wildman–Crippen LogP) is 2.72. The van der Waals surface area contributed by atoms with E-state index in [2.05, 4.69) is 5.32 Å². The zero-order valence-corrected chi connectivity index (χ0v) is 15.3. The van der Waals surface area contributed by atoms with Crippen molar-refractivity contribution in [2.45, 2.75) is 20.4 Å². The number of amides is 2. The van der Waals surface area contributed by atoms with Gasteiger partial charge >= 0.3 is 5.76 Å². The molecule has 0 fully saturated rings. The Balaban J connectivity index is 1.76. The number of anilines is 1. The van der Waals surface area contributed by atoms with Crippen molar-refractivity contribution in [3.63, 3.8) is 0 Å². The number of aromatic nitrogens is 1. The standard InChI is InChI=1S/C20H21N3O4/c1-3-22(4-2)19(25)14-8-7-9-15(12-14)21-18(24)13-23-16-10-5-6-11-17(16)27-20(23)26/h5-12H,3-4,13H2,1-2H3,(H,21,24). The van der Waals surface area contributed by atoms with E-state index in [1.807, 2.05) is 13.8 Å². The van der Waals surface area contributed by atoms with Gasteiger partial charge in [0.15, 0.2) is 5.58 Å². The number of carbonyl (C=O) groups is 2. The first-order chi connectivity index (χ1) is 13.0. The molecule has 0 aliphatic carbocycles. The second-order valence-corrected chi connectivity index (χ2v) is 6.03. The minimum absolute atomic E-state index is 0.0897. The van der Waals surface area contributed by atoms with Crippen molar-refractivity contribution >= 4 is 28.6 Å². The highest BCUT2D eigenvalue weighted by Gasteiger charge is 2.15. The maximum Gasteiger partial charge on any atom is 0.420 e. The number of hydrogen-bond acceptors (Lipinski definition) is 4. The molecule has 0 bridgehead atoms. The third kappa shape index (κ3) is 3.92. The van der Waals surface area contributed by atoms with Gasteiger partial charge in [-0.25, -0.2) is 4.79 Å². The normalized spacial score (nSPS) is 10.7. The molecule has 0 spiro atoms. The van der Waals surface area contributed by atoms with E-state index in [0.29, 0.717) is 35.4 Å². The van der Waals surface area contributed by atoms with E-state index in [9.17, 15) is 14.4 Å². The van der Waals surface area contributed by atoms with Gasteiger partial charge in [-0.05, 0) is 44.2 Å². The van der Waals surface area contributed by atoms with Crippen LogP contribution in [0.4, 0.5) is 5.69 Å². The molecular formula is C20H21N3O4. The smallest absolute Gasteiger partial charge is 0.408 e. The van der Waals surface area contributed by atoms with Crippen LogP contribution in [0.1, 0.15) is 24.2 Å². The van der Waals surface area contributed by atoms with Gasteiger partial charge in [0.2, 0.25) is 5.91 Å². The fourth-order valence-electron chi connectivity index (χ4n) is 2.93. The Kier molecular flexibility index (Phi) is 5.40. The minimum atomic E-state index is -0.586. The summed E-state index contributed by atoms with van der Waals surface area (Å²) in [5.41, 5.74) is 1.99. The van der Waals surface area contributed by atoms with Crippen LogP contribution in [-0.4, -0.2) is 34.4 Å². The summed E-state index contributed by atoms with van der Waals surface area (Å²) in [5, 5.41) is 2.73. The van der Waals surface area contributed by atoms with E-state index < -0.39 is 5.76 Å². The summed E-state index contributed by atoms with van der Waals surface area (Å²) in [6.07, 6.45) is 0. The average Bonchev–Trinajstić information content (AvgIpc) is 2.98. The maximum absolute atomic E-state index is 12.4. The molecule has 3 aromatic rings. The van der Waals surface area contributed by atoms with Gasteiger partial charge in [-0.1, -0.05) is 18.2 Å². The number of nitrogens with zero attached hydrogens (tertiary/aromatic N) is 2. The summed E-state index contributed by atoms with van der Waals surface area (Å²) in [7, 11) is 0. The summed E-state index contributed by atoms with van der Waals surface area (Å²) in [6.45, 7) is 4.88. The Morgan fingerprint density at radius 2 is 1.81 bits per heavy atom. The Morgan fingerprint density at radius 3 is 2.56 bits per heavy atom. The van der Waals surface area contributed by atoms with Crippen LogP contribution in [0.25, 0.3) is 11.1 Å². The molecule has 1 aromatic heterocycles. The van der Waals surface area contributed by atoms with E-state index in [4.69, 9.17) is 4.42 Å². The van der Waals surface area contributed by atoms with Crippen LogP contribution < -0.4 is 11.1 Å². The lowest BCUT2D eigenvalue weighted by Crippen LogP contribution is -2.30. The largest absolute Gasteiger partial charge is 0.420 e. The lowest BCUT2D eigenvalue weighted by atomic mass is 10.1. The molecule has 0 unspecified atom stereocenters. The fraction of sp³-hybridized carbons (Fsp3) is 0.250. The molecule has 1 N–H and O–H groups in total. The summed E-state index contributed by atoms with van der Waals surface area (Å²) in [6, 6.07) is 13.7. The molecular weight excluding hydrogens is 346 g/mol. The van der Waals surface area contributed by atoms with Crippen LogP contribution in [0.15, 0.2) is 57.7 Å². The summed E-state index contributed by atoms with van der Waals surface area (Å²) >= 11 is 0. The molecule has 7 heteroatoms. The van der Waals surface area contributed by atoms with Crippen molar-refractivity contribution in [1.82, 2.24) is 9.47 Å². The topological polar surface area (TPSA) is 84.5 Å². The number of rotatable bonds is 6. The summed E-state index contributed by atoms with van der Waals surface area (Å²) < 4.78 is 6.40. The molecule has 0 saturated heterocycles. The van der Waals surface area contributed by atoms with E-state index in [-0.39, 0.29) is 18.4 Å². The maximum atomic E-state index is 12.4. The highest BCUT2D eigenvalue weighted by atomic mass is 16.4. The van der Waals surface area contributed by atoms with Crippen LogP contribution in [0, 0.1) is 0 Å². The van der Waals surface area contributed by atoms with Gasteiger partial charge in [0.1, 0.15) is 6.54 Å². The molecule has 2 amide bonds. The Hall–Kier alpha value is -3.35. The number of oxazole rings is 1. The quantitative estimate of drug-likeness (QED) is 0.726. The average molecular weight is 367 g/mol. The molecule has 0 radical (unpaired) electrons. The van der Waals surface area contributed by atoms with Crippen LogP contribution in [-0.2, 0) is 11.3 Å². The summed E-state index contributed by atoms with van der Waals surface area (Å²) in [4.78, 5) is 38.5. The molecule has 2 aromatic carbocycles. The van der Waals surface area contributed by atoms with Crippen molar-refractivity contribution in [1.29, 1.82) is 0 Å². The summed E-state index contributed by atoms with van der Waals surface area (Å²) in [5.74, 6) is -1.05. The van der Waals surface area contributed by atoms with Crippen molar-refractivity contribution in [3.8, 4) is 0 Å². The Morgan fingerprint density at radius 1 is 1.07 bits per heavy atom.